The summed E-state index contributed by atoms with van der Waals surface area (Å²) in [6.45, 7) is -0.141. The van der Waals surface area contributed by atoms with Gasteiger partial charge in [-0.25, -0.2) is 0 Å². The molecule has 0 bridgehead atoms. The van der Waals surface area contributed by atoms with Crippen LogP contribution in [0, 0.1) is 0 Å². The number of anilines is 7. The van der Waals surface area contributed by atoms with Gasteiger partial charge in [-0.15, -0.1) is 0 Å². The van der Waals surface area contributed by atoms with Gasteiger partial charge >= 0.3 is 13.8 Å². The topological polar surface area (TPSA) is 14.7 Å². The van der Waals surface area contributed by atoms with E-state index in [1.807, 2.05) is 0 Å². The highest BCUT2D eigenvalue weighted by Crippen LogP contribution is 2.55. The van der Waals surface area contributed by atoms with Gasteiger partial charge in [-0.1, -0.05) is 115 Å². The molecule has 9 aromatic rings. The van der Waals surface area contributed by atoms with Crippen LogP contribution in [0.15, 0.2) is 182 Å². The Morgan fingerprint density at radius 3 is 1.76 bits per heavy atom. The molecular formula is C48H30B2N4. The quantitative estimate of drug-likeness (QED) is 0.172. The standard InChI is InChI=1S/C48H30B2N4/c1-4-16-31(17-5-1)51-40-27-13-11-25-38(40)49-47-43(51)30-37-36-24-14-23-35-34-22-10-12-26-39(34)54(48(35)36)50-46(37)45(47)44-41(52(49)32-18-6-2-7-19-32)28-15-29-42(44)53(50)33-20-8-3-9-21-33/h1-30H. The van der Waals surface area contributed by atoms with Gasteiger partial charge in [-0.2, -0.15) is 0 Å². The van der Waals surface area contributed by atoms with Crippen LogP contribution in [0.1, 0.15) is 0 Å². The van der Waals surface area contributed by atoms with E-state index in [4.69, 9.17) is 0 Å². The number of aromatic nitrogens is 1. The molecule has 6 heteroatoms. The first-order chi connectivity index (χ1) is 26.9. The fourth-order valence-electron chi connectivity index (χ4n) is 10.4. The molecule has 0 fully saturated rings. The van der Waals surface area contributed by atoms with Crippen molar-refractivity contribution in [3.8, 4) is 22.3 Å². The predicted molar refractivity (Wildman–Crippen MR) is 228 cm³/mol. The summed E-state index contributed by atoms with van der Waals surface area (Å²) < 4.78 is 2.65. The van der Waals surface area contributed by atoms with E-state index in [1.165, 1.54) is 100 Å². The van der Waals surface area contributed by atoms with Gasteiger partial charge in [0.15, 0.2) is 0 Å². The molecule has 248 valence electrons. The SMILES string of the molecule is c1ccc(N2B3c4ccccc4N(c4ccccc4)c4cc5c6c(c43)-c3c2cccc3N(c2ccccc2)B6n2c3ccccc3c3cccc-5c32)cc1. The van der Waals surface area contributed by atoms with E-state index in [0.29, 0.717) is 0 Å². The molecule has 4 aliphatic heterocycles. The van der Waals surface area contributed by atoms with Crippen LogP contribution in [0.25, 0.3) is 44.1 Å². The first kappa shape index (κ1) is 28.6. The Kier molecular flexibility index (Phi) is 5.50. The Bertz CT molecular complexity index is 3030. The average Bonchev–Trinajstić information content (AvgIpc) is 3.58. The van der Waals surface area contributed by atoms with Crippen LogP contribution in [-0.2, 0) is 0 Å². The number of hydrogen-bond donors (Lipinski definition) is 0. The van der Waals surface area contributed by atoms with E-state index in [-0.39, 0.29) is 13.8 Å². The maximum Gasteiger partial charge on any atom is 0.421 e. The normalized spacial score (nSPS) is 14.1. The highest BCUT2D eigenvalue weighted by atomic mass is 15.2. The third-order valence-electron chi connectivity index (χ3n) is 12.3. The second-order valence-corrected chi connectivity index (χ2v) is 14.8. The summed E-state index contributed by atoms with van der Waals surface area (Å²) in [6, 6.07) is 67.5. The van der Waals surface area contributed by atoms with Crippen molar-refractivity contribution in [1.82, 2.24) is 4.48 Å². The highest BCUT2D eigenvalue weighted by molar-refractivity contribution is 6.95. The Hall–Kier alpha value is -6.91. The second-order valence-electron chi connectivity index (χ2n) is 14.8. The summed E-state index contributed by atoms with van der Waals surface area (Å²) in [7, 11) is 0. The number of nitrogens with zero attached hydrogens (tertiary/aromatic N) is 4. The van der Waals surface area contributed by atoms with E-state index in [9.17, 15) is 0 Å². The smallest absolute Gasteiger partial charge is 0.376 e. The van der Waals surface area contributed by atoms with Gasteiger partial charge < -0.3 is 19.0 Å². The van der Waals surface area contributed by atoms with E-state index in [2.05, 4.69) is 201 Å². The first-order valence-corrected chi connectivity index (χ1v) is 18.9. The minimum absolute atomic E-state index is 0.0378. The maximum atomic E-state index is 2.65. The van der Waals surface area contributed by atoms with Crippen LogP contribution in [0.3, 0.4) is 0 Å². The largest absolute Gasteiger partial charge is 0.421 e. The molecular weight excluding hydrogens is 654 g/mol. The zero-order chi connectivity index (χ0) is 35.1. The van der Waals surface area contributed by atoms with E-state index in [0.717, 1.165) is 0 Å². The Morgan fingerprint density at radius 2 is 0.981 bits per heavy atom. The molecule has 13 rings (SSSR count). The van der Waals surface area contributed by atoms with Gasteiger partial charge in [0.05, 0.1) is 0 Å². The number of rotatable bonds is 3. The van der Waals surface area contributed by atoms with Crippen molar-refractivity contribution in [1.29, 1.82) is 0 Å². The second kappa shape index (κ2) is 10.4. The average molecular weight is 684 g/mol. The van der Waals surface area contributed by atoms with Crippen molar-refractivity contribution in [2.45, 2.75) is 0 Å². The zero-order valence-electron chi connectivity index (χ0n) is 29.3. The molecule has 0 N–H and O–H groups in total. The van der Waals surface area contributed by atoms with Crippen molar-refractivity contribution in [2.75, 3.05) is 14.5 Å². The molecule has 5 heterocycles. The zero-order valence-corrected chi connectivity index (χ0v) is 29.3. The third-order valence-corrected chi connectivity index (χ3v) is 12.3. The molecule has 0 spiro atoms. The van der Waals surface area contributed by atoms with Gasteiger partial charge in [-0.05, 0) is 94.2 Å². The van der Waals surface area contributed by atoms with Crippen LogP contribution < -0.4 is 30.9 Å². The lowest BCUT2D eigenvalue weighted by Crippen LogP contribution is -2.66. The van der Waals surface area contributed by atoms with Crippen LogP contribution in [0.4, 0.5) is 39.8 Å². The van der Waals surface area contributed by atoms with Crippen LogP contribution in [-0.4, -0.2) is 18.3 Å². The highest BCUT2D eigenvalue weighted by Gasteiger charge is 2.53. The van der Waals surface area contributed by atoms with Crippen molar-refractivity contribution in [2.24, 2.45) is 0 Å². The number of para-hydroxylation sites is 6. The van der Waals surface area contributed by atoms with Crippen LogP contribution >= 0.6 is 0 Å². The summed E-state index contributed by atoms with van der Waals surface area (Å²) in [5.74, 6) is 0. The fourth-order valence-corrected chi connectivity index (χ4v) is 10.4. The fraction of sp³-hybridized carbons (Fsp3) is 0. The number of fused-ring (bicyclic) bond motifs is 7. The molecule has 0 radical (unpaired) electrons. The summed E-state index contributed by atoms with van der Waals surface area (Å²) in [4.78, 5) is 7.76. The lowest BCUT2D eigenvalue weighted by atomic mass is 9.40. The molecule has 1 aromatic heterocycles. The molecule has 0 saturated heterocycles. The molecule has 0 saturated carbocycles. The minimum atomic E-state index is -0.103. The first-order valence-electron chi connectivity index (χ1n) is 18.9. The predicted octanol–water partition coefficient (Wildman–Crippen LogP) is 9.88. The molecule has 4 nitrogen and oxygen atoms in total. The Balaban J connectivity index is 1.26. The molecule has 0 amide bonds. The van der Waals surface area contributed by atoms with E-state index >= 15 is 0 Å². The summed E-state index contributed by atoms with van der Waals surface area (Å²) in [6.07, 6.45) is 0. The summed E-state index contributed by atoms with van der Waals surface area (Å²) in [5, 5.41) is 2.59. The minimum Gasteiger partial charge on any atom is -0.376 e. The molecule has 0 aliphatic carbocycles. The molecule has 8 aromatic carbocycles. The summed E-state index contributed by atoms with van der Waals surface area (Å²) in [5.41, 5.74) is 20.3. The summed E-state index contributed by atoms with van der Waals surface area (Å²) >= 11 is 0. The molecule has 4 aliphatic rings. The van der Waals surface area contributed by atoms with Gasteiger partial charge in [0.25, 0.3) is 0 Å². The Labute approximate surface area is 314 Å². The molecule has 54 heavy (non-hydrogen) atoms. The number of benzene rings is 8. The van der Waals surface area contributed by atoms with Crippen molar-refractivity contribution in [3.63, 3.8) is 0 Å². The van der Waals surface area contributed by atoms with Gasteiger partial charge in [0, 0.05) is 72.7 Å². The number of hydrogen-bond acceptors (Lipinski definition) is 3. The van der Waals surface area contributed by atoms with Gasteiger partial charge in [-0.3, -0.25) is 0 Å². The Morgan fingerprint density at radius 1 is 0.389 bits per heavy atom. The lowest BCUT2D eigenvalue weighted by Gasteiger charge is -2.51. The molecule has 0 unspecified atom stereocenters. The van der Waals surface area contributed by atoms with Crippen molar-refractivity contribution < 1.29 is 0 Å². The van der Waals surface area contributed by atoms with Crippen molar-refractivity contribution in [3.05, 3.63) is 182 Å². The van der Waals surface area contributed by atoms with Crippen LogP contribution in [0.2, 0.25) is 0 Å². The monoisotopic (exact) mass is 684 g/mol. The van der Waals surface area contributed by atoms with Gasteiger partial charge in [0.2, 0.25) is 0 Å². The lowest BCUT2D eigenvalue weighted by molar-refractivity contribution is 1.21. The van der Waals surface area contributed by atoms with Crippen LogP contribution in [0.5, 0.6) is 0 Å². The van der Waals surface area contributed by atoms with E-state index < -0.39 is 0 Å². The third kappa shape index (κ3) is 3.46. The van der Waals surface area contributed by atoms with Gasteiger partial charge in [0.1, 0.15) is 0 Å². The maximum absolute atomic E-state index is 2.65. The van der Waals surface area contributed by atoms with E-state index in [1.54, 1.807) is 0 Å². The molecule has 0 atom stereocenters. The van der Waals surface area contributed by atoms with Crippen molar-refractivity contribution >= 4 is 91.8 Å².